The molecule has 1 amide bonds. The predicted molar refractivity (Wildman–Crippen MR) is 79.4 cm³/mol. The normalized spacial score (nSPS) is 11.5. The van der Waals surface area contributed by atoms with Gasteiger partial charge in [0.15, 0.2) is 0 Å². The fourth-order valence-electron chi connectivity index (χ4n) is 1.44. The average molecular weight is 263 g/mol. The maximum Gasteiger partial charge on any atom is 0.269 e. The number of hydrogen-bond donors (Lipinski definition) is 2. The first-order valence-electron chi connectivity index (χ1n) is 6.85. The van der Waals surface area contributed by atoms with Gasteiger partial charge in [-0.2, -0.15) is 0 Å². The molecule has 4 nitrogen and oxygen atoms in total. The highest BCUT2D eigenvalue weighted by Gasteiger charge is 2.23. The van der Waals surface area contributed by atoms with E-state index >= 15 is 0 Å². The third kappa shape index (κ3) is 4.54. The molecule has 0 fully saturated rings. The SMILES string of the molecule is CCNc1ccc(C(=O)NCC(C)(C)C(C)C)nc1. The van der Waals surface area contributed by atoms with Gasteiger partial charge in [-0.25, -0.2) is 4.98 Å². The van der Waals surface area contributed by atoms with Gasteiger partial charge in [0.1, 0.15) is 5.69 Å². The van der Waals surface area contributed by atoms with Crippen molar-refractivity contribution in [2.24, 2.45) is 11.3 Å². The van der Waals surface area contributed by atoms with Crippen molar-refractivity contribution in [3.05, 3.63) is 24.0 Å². The molecule has 0 aliphatic rings. The van der Waals surface area contributed by atoms with Crippen LogP contribution >= 0.6 is 0 Å². The van der Waals surface area contributed by atoms with Gasteiger partial charge in [0.25, 0.3) is 5.91 Å². The fraction of sp³-hybridized carbons (Fsp3) is 0.600. The first-order valence-corrected chi connectivity index (χ1v) is 6.85. The largest absolute Gasteiger partial charge is 0.384 e. The second-order valence-electron chi connectivity index (χ2n) is 5.79. The predicted octanol–water partition coefficient (Wildman–Crippen LogP) is 2.93. The van der Waals surface area contributed by atoms with E-state index in [1.165, 1.54) is 0 Å². The average Bonchev–Trinajstić information content (AvgIpc) is 2.37. The van der Waals surface area contributed by atoms with E-state index in [1.54, 1.807) is 12.3 Å². The van der Waals surface area contributed by atoms with Crippen LogP contribution < -0.4 is 10.6 Å². The minimum Gasteiger partial charge on any atom is -0.384 e. The summed E-state index contributed by atoms with van der Waals surface area (Å²) >= 11 is 0. The van der Waals surface area contributed by atoms with Crippen LogP contribution in [0.3, 0.4) is 0 Å². The topological polar surface area (TPSA) is 54.0 Å². The second kappa shape index (κ2) is 6.55. The molecule has 1 heterocycles. The fourth-order valence-corrected chi connectivity index (χ4v) is 1.44. The minimum absolute atomic E-state index is 0.0827. The Balaban J connectivity index is 2.59. The maximum absolute atomic E-state index is 12.0. The van der Waals surface area contributed by atoms with Crippen molar-refractivity contribution in [1.29, 1.82) is 0 Å². The van der Waals surface area contributed by atoms with E-state index in [9.17, 15) is 4.79 Å². The van der Waals surface area contributed by atoms with E-state index in [-0.39, 0.29) is 11.3 Å². The molecule has 19 heavy (non-hydrogen) atoms. The van der Waals surface area contributed by atoms with Crippen molar-refractivity contribution < 1.29 is 4.79 Å². The van der Waals surface area contributed by atoms with Gasteiger partial charge in [-0.05, 0) is 30.4 Å². The summed E-state index contributed by atoms with van der Waals surface area (Å²) in [5.41, 5.74) is 1.47. The lowest BCUT2D eigenvalue weighted by molar-refractivity contribution is 0.0920. The molecule has 4 heteroatoms. The summed E-state index contributed by atoms with van der Waals surface area (Å²) < 4.78 is 0. The number of nitrogens with one attached hydrogen (secondary N) is 2. The van der Waals surface area contributed by atoms with Crippen LogP contribution in [0, 0.1) is 11.3 Å². The second-order valence-corrected chi connectivity index (χ2v) is 5.79. The van der Waals surface area contributed by atoms with E-state index in [4.69, 9.17) is 0 Å². The number of nitrogens with zero attached hydrogens (tertiary/aromatic N) is 1. The standard InChI is InChI=1S/C15H25N3O/c1-6-16-12-7-8-13(17-9-12)14(19)18-10-15(4,5)11(2)3/h7-9,11,16H,6,10H2,1-5H3,(H,18,19). The van der Waals surface area contributed by atoms with Crippen LogP contribution in [0.15, 0.2) is 18.3 Å². The number of rotatable bonds is 6. The molecule has 0 atom stereocenters. The Bertz CT molecular complexity index is 410. The van der Waals surface area contributed by atoms with Crippen LogP contribution in [-0.2, 0) is 0 Å². The molecular weight excluding hydrogens is 238 g/mol. The lowest BCUT2D eigenvalue weighted by Crippen LogP contribution is -2.37. The quantitative estimate of drug-likeness (QED) is 0.829. The summed E-state index contributed by atoms with van der Waals surface area (Å²) in [6, 6.07) is 3.62. The molecule has 0 spiro atoms. The van der Waals surface area contributed by atoms with Crippen LogP contribution in [-0.4, -0.2) is 24.0 Å². The third-order valence-corrected chi connectivity index (χ3v) is 3.64. The molecule has 2 N–H and O–H groups in total. The van der Waals surface area contributed by atoms with Crippen molar-refractivity contribution in [1.82, 2.24) is 10.3 Å². The lowest BCUT2D eigenvalue weighted by Gasteiger charge is -2.29. The zero-order valence-electron chi connectivity index (χ0n) is 12.6. The molecule has 0 aliphatic heterocycles. The van der Waals surface area contributed by atoms with Gasteiger partial charge < -0.3 is 10.6 Å². The summed E-state index contributed by atoms with van der Waals surface area (Å²) in [7, 11) is 0. The molecule has 1 aromatic rings. The zero-order valence-corrected chi connectivity index (χ0v) is 12.6. The summed E-state index contributed by atoms with van der Waals surface area (Å²) in [5, 5.41) is 6.10. The van der Waals surface area contributed by atoms with Crippen LogP contribution in [0.5, 0.6) is 0 Å². The van der Waals surface area contributed by atoms with E-state index < -0.39 is 0 Å². The summed E-state index contributed by atoms with van der Waals surface area (Å²) in [4.78, 5) is 16.2. The Labute approximate surface area is 116 Å². The molecule has 0 radical (unpaired) electrons. The van der Waals surface area contributed by atoms with Crippen molar-refractivity contribution in [3.8, 4) is 0 Å². The third-order valence-electron chi connectivity index (χ3n) is 3.64. The molecule has 0 aromatic carbocycles. The molecule has 0 aliphatic carbocycles. The van der Waals surface area contributed by atoms with Gasteiger partial charge in [-0.3, -0.25) is 4.79 Å². The van der Waals surface area contributed by atoms with Crippen LogP contribution in [0.1, 0.15) is 45.1 Å². The Morgan fingerprint density at radius 3 is 2.53 bits per heavy atom. The molecule has 1 rings (SSSR count). The van der Waals surface area contributed by atoms with E-state index in [2.05, 4.69) is 43.3 Å². The highest BCUT2D eigenvalue weighted by atomic mass is 16.1. The summed E-state index contributed by atoms with van der Waals surface area (Å²) in [6.45, 7) is 12.1. The number of aromatic nitrogens is 1. The van der Waals surface area contributed by atoms with Gasteiger partial charge in [0.2, 0.25) is 0 Å². The number of pyridine rings is 1. The molecule has 0 saturated heterocycles. The van der Waals surface area contributed by atoms with Crippen LogP contribution in [0.25, 0.3) is 0 Å². The van der Waals surface area contributed by atoms with E-state index in [1.807, 2.05) is 13.0 Å². The maximum atomic E-state index is 12.0. The number of amides is 1. The number of carbonyl (C=O) groups is 1. The highest BCUT2D eigenvalue weighted by molar-refractivity contribution is 5.92. The Morgan fingerprint density at radius 2 is 2.05 bits per heavy atom. The number of anilines is 1. The van der Waals surface area contributed by atoms with Gasteiger partial charge in [0, 0.05) is 13.1 Å². The minimum atomic E-state index is -0.114. The molecule has 0 saturated carbocycles. The van der Waals surface area contributed by atoms with Gasteiger partial charge >= 0.3 is 0 Å². The monoisotopic (exact) mass is 263 g/mol. The first kappa shape index (κ1) is 15.5. The Morgan fingerprint density at radius 1 is 1.37 bits per heavy atom. The van der Waals surface area contributed by atoms with Gasteiger partial charge in [-0.15, -0.1) is 0 Å². The molecule has 1 aromatic heterocycles. The van der Waals surface area contributed by atoms with E-state index in [0.29, 0.717) is 18.2 Å². The molecule has 0 bridgehead atoms. The van der Waals surface area contributed by atoms with Crippen molar-refractivity contribution >= 4 is 11.6 Å². The van der Waals surface area contributed by atoms with Crippen LogP contribution in [0.2, 0.25) is 0 Å². The summed E-state index contributed by atoms with van der Waals surface area (Å²) in [5.74, 6) is 0.397. The number of carbonyl (C=O) groups excluding carboxylic acids is 1. The van der Waals surface area contributed by atoms with Gasteiger partial charge in [-0.1, -0.05) is 27.7 Å². The van der Waals surface area contributed by atoms with Crippen molar-refractivity contribution in [3.63, 3.8) is 0 Å². The van der Waals surface area contributed by atoms with E-state index in [0.717, 1.165) is 12.2 Å². The first-order chi connectivity index (χ1) is 8.86. The van der Waals surface area contributed by atoms with Crippen LogP contribution in [0.4, 0.5) is 5.69 Å². The van der Waals surface area contributed by atoms with Gasteiger partial charge in [0.05, 0.1) is 11.9 Å². The Kier molecular flexibility index (Phi) is 5.33. The Hall–Kier alpha value is -1.58. The van der Waals surface area contributed by atoms with Crippen molar-refractivity contribution in [2.45, 2.75) is 34.6 Å². The van der Waals surface area contributed by atoms with Crippen molar-refractivity contribution in [2.75, 3.05) is 18.4 Å². The lowest BCUT2D eigenvalue weighted by atomic mass is 9.81. The highest BCUT2D eigenvalue weighted by Crippen LogP contribution is 2.24. The molecule has 0 unspecified atom stereocenters. The molecule has 106 valence electrons. The smallest absolute Gasteiger partial charge is 0.269 e. The number of hydrogen-bond acceptors (Lipinski definition) is 3. The zero-order chi connectivity index (χ0) is 14.5. The summed E-state index contributed by atoms with van der Waals surface area (Å²) in [6.07, 6.45) is 1.69. The molecular formula is C15H25N3O.